The summed E-state index contributed by atoms with van der Waals surface area (Å²) < 4.78 is 41.7. The molecule has 6 nitrogen and oxygen atoms in total. The van der Waals surface area contributed by atoms with Gasteiger partial charge in [0, 0.05) is 16.3 Å². The van der Waals surface area contributed by atoms with E-state index in [1.807, 2.05) is 0 Å². The van der Waals surface area contributed by atoms with E-state index in [-0.39, 0.29) is 34.1 Å². The molecule has 0 amide bonds. The zero-order valence-corrected chi connectivity index (χ0v) is 15.6. The van der Waals surface area contributed by atoms with Crippen LogP contribution in [-0.2, 0) is 19.0 Å². The molecule has 2 aromatic rings. The largest absolute Gasteiger partial charge is 0.435 e. The lowest BCUT2D eigenvalue weighted by atomic mass is 9.95. The Hall–Kier alpha value is -3.48. The molecule has 10 heteroatoms. The fourth-order valence-electron chi connectivity index (χ4n) is 3.24. The van der Waals surface area contributed by atoms with Crippen molar-refractivity contribution >= 4 is 17.3 Å². The van der Waals surface area contributed by atoms with Crippen LogP contribution in [0.4, 0.5) is 18.9 Å². The van der Waals surface area contributed by atoms with Crippen molar-refractivity contribution < 1.29 is 13.2 Å². The maximum atomic E-state index is 13.5. The first-order valence-electron chi connectivity index (χ1n) is 8.49. The quantitative estimate of drug-likeness (QED) is 0.733. The molecule has 0 atom stereocenters. The maximum absolute atomic E-state index is 13.5. The van der Waals surface area contributed by atoms with Crippen LogP contribution in [0.3, 0.4) is 0 Å². The fraction of sp³-hybridized carbons (Fsp3) is 0.263. The van der Waals surface area contributed by atoms with Crippen LogP contribution in [0.1, 0.15) is 29.8 Å². The lowest BCUT2D eigenvalue weighted by Crippen LogP contribution is -2.11. The third kappa shape index (κ3) is 3.89. The lowest BCUT2D eigenvalue weighted by molar-refractivity contribution is -0.142. The van der Waals surface area contributed by atoms with E-state index < -0.39 is 17.4 Å². The number of aromatic nitrogens is 2. The second kappa shape index (κ2) is 7.87. The molecule has 0 aliphatic heterocycles. The van der Waals surface area contributed by atoms with Crippen molar-refractivity contribution in [2.75, 3.05) is 5.32 Å². The first-order chi connectivity index (χ1) is 13.8. The number of allylic oxidation sites excluding steroid dienone is 2. The van der Waals surface area contributed by atoms with Crippen molar-refractivity contribution in [3.05, 3.63) is 51.4 Å². The van der Waals surface area contributed by atoms with Crippen molar-refractivity contribution in [2.45, 2.75) is 31.9 Å². The van der Waals surface area contributed by atoms with Gasteiger partial charge in [-0.3, -0.25) is 0 Å². The molecule has 1 aliphatic carbocycles. The summed E-state index contributed by atoms with van der Waals surface area (Å²) in [6, 6.07) is 9.26. The number of rotatable bonds is 3. The number of nitrogens with zero attached hydrogens (tertiary/aromatic N) is 5. The molecule has 0 unspecified atom stereocenters. The van der Waals surface area contributed by atoms with Crippen LogP contribution in [0.2, 0.25) is 5.02 Å². The zero-order valence-electron chi connectivity index (χ0n) is 14.8. The molecular weight excluding hydrogens is 405 g/mol. The molecule has 146 valence electrons. The van der Waals surface area contributed by atoms with Gasteiger partial charge in [0.1, 0.15) is 23.9 Å². The summed E-state index contributed by atoms with van der Waals surface area (Å²) in [5, 5.41) is 34.0. The molecular formula is C19H12ClF3N6. The summed E-state index contributed by atoms with van der Waals surface area (Å²) in [4.78, 5) is 0. The number of nitrogens with one attached hydrogen (secondary N) is 1. The molecule has 1 aromatic heterocycles. The first-order valence-corrected chi connectivity index (χ1v) is 8.87. The molecule has 0 saturated carbocycles. The van der Waals surface area contributed by atoms with E-state index in [0.717, 1.165) is 6.42 Å². The Morgan fingerprint density at radius 2 is 1.79 bits per heavy atom. The Morgan fingerprint density at radius 3 is 2.41 bits per heavy atom. The van der Waals surface area contributed by atoms with Gasteiger partial charge in [-0.1, -0.05) is 11.6 Å². The van der Waals surface area contributed by atoms with E-state index in [2.05, 4.69) is 10.4 Å². The molecule has 1 heterocycles. The third-order valence-corrected chi connectivity index (χ3v) is 4.72. The predicted octanol–water partition coefficient (Wildman–Crippen LogP) is 4.66. The van der Waals surface area contributed by atoms with E-state index in [9.17, 15) is 18.4 Å². The van der Waals surface area contributed by atoms with Crippen LogP contribution in [-0.4, -0.2) is 9.78 Å². The average molecular weight is 417 g/mol. The Labute approximate surface area is 169 Å². The Kier molecular flexibility index (Phi) is 5.50. The highest BCUT2D eigenvalue weighted by Gasteiger charge is 2.40. The fourth-order valence-corrected chi connectivity index (χ4v) is 3.41. The normalized spacial score (nSPS) is 12.9. The highest BCUT2D eigenvalue weighted by Crippen LogP contribution is 2.38. The molecule has 1 N–H and O–H groups in total. The van der Waals surface area contributed by atoms with Crippen molar-refractivity contribution in [1.82, 2.24) is 9.78 Å². The second-order valence-electron chi connectivity index (χ2n) is 6.26. The highest BCUT2D eigenvalue weighted by molar-refractivity contribution is 6.31. The number of alkyl halides is 3. The number of benzene rings is 1. The number of halogens is 4. The molecule has 0 fully saturated rings. The molecule has 29 heavy (non-hydrogen) atoms. The molecule has 0 radical (unpaired) electrons. The molecule has 1 aromatic carbocycles. The van der Waals surface area contributed by atoms with Crippen molar-refractivity contribution in [3.8, 4) is 23.9 Å². The van der Waals surface area contributed by atoms with Crippen molar-refractivity contribution in [2.24, 2.45) is 0 Å². The van der Waals surface area contributed by atoms with Gasteiger partial charge in [0.05, 0.1) is 11.4 Å². The lowest BCUT2D eigenvalue weighted by Gasteiger charge is -2.17. The number of hydrogen-bond donors (Lipinski definition) is 1. The second-order valence-corrected chi connectivity index (χ2v) is 6.70. The number of hydrogen-bond acceptors (Lipinski definition) is 5. The Morgan fingerprint density at radius 1 is 1.10 bits per heavy atom. The van der Waals surface area contributed by atoms with E-state index in [0.29, 0.717) is 18.5 Å². The topological polar surface area (TPSA) is 101 Å². The molecule has 0 bridgehead atoms. The van der Waals surface area contributed by atoms with E-state index in [1.165, 1.54) is 22.9 Å². The third-order valence-electron chi connectivity index (χ3n) is 4.48. The van der Waals surface area contributed by atoms with Crippen LogP contribution in [0.5, 0.6) is 0 Å². The molecule has 0 spiro atoms. The van der Waals surface area contributed by atoms with Gasteiger partial charge in [-0.05, 0) is 43.9 Å². The van der Waals surface area contributed by atoms with Gasteiger partial charge in [0.2, 0.25) is 0 Å². The number of nitriles is 3. The summed E-state index contributed by atoms with van der Waals surface area (Å²) >= 11 is 6.02. The highest BCUT2D eigenvalue weighted by atomic mass is 35.5. The van der Waals surface area contributed by atoms with Crippen LogP contribution in [0, 0.1) is 34.0 Å². The summed E-state index contributed by atoms with van der Waals surface area (Å²) in [5.74, 6) is 0. The van der Waals surface area contributed by atoms with E-state index >= 15 is 0 Å². The van der Waals surface area contributed by atoms with Crippen LogP contribution >= 0.6 is 11.6 Å². The summed E-state index contributed by atoms with van der Waals surface area (Å²) in [6.07, 6.45) is -2.54. The Bertz CT molecular complexity index is 1110. The standard InChI is InChI=1S/C19H12ClF3N6/c20-12-5-6-17(14(7-12)27-15(10-26)11(8-24)9-25)29-16-4-2-1-3-13(16)18(28-29)19(21,22)23/h5-7,27H,1-4H2. The average Bonchev–Trinajstić information content (AvgIpc) is 3.08. The van der Waals surface area contributed by atoms with Crippen molar-refractivity contribution in [1.29, 1.82) is 15.8 Å². The van der Waals surface area contributed by atoms with Gasteiger partial charge in [-0.15, -0.1) is 0 Å². The van der Waals surface area contributed by atoms with Crippen LogP contribution in [0.15, 0.2) is 29.5 Å². The summed E-state index contributed by atoms with van der Waals surface area (Å²) in [6.45, 7) is 0. The van der Waals surface area contributed by atoms with Crippen LogP contribution < -0.4 is 5.32 Å². The molecule has 1 aliphatic rings. The van der Waals surface area contributed by atoms with Crippen molar-refractivity contribution in [3.63, 3.8) is 0 Å². The van der Waals surface area contributed by atoms with E-state index in [4.69, 9.17) is 22.1 Å². The summed E-state index contributed by atoms with van der Waals surface area (Å²) in [5.41, 5.74) is -0.744. The zero-order chi connectivity index (χ0) is 21.2. The first kappa shape index (κ1) is 20.3. The smallest absolute Gasteiger partial charge is 0.343 e. The monoisotopic (exact) mass is 416 g/mol. The Balaban J connectivity index is 2.21. The molecule has 3 rings (SSSR count). The minimum atomic E-state index is -4.60. The van der Waals surface area contributed by atoms with Gasteiger partial charge in [0.15, 0.2) is 11.3 Å². The minimum Gasteiger partial charge on any atom is -0.343 e. The van der Waals surface area contributed by atoms with E-state index in [1.54, 1.807) is 18.2 Å². The molecule has 0 saturated heterocycles. The predicted molar refractivity (Wildman–Crippen MR) is 97.7 cm³/mol. The SMILES string of the molecule is N#CC(C#N)=C(C#N)Nc1cc(Cl)ccc1-n1nc(C(F)(F)F)c2c1CCCC2. The summed E-state index contributed by atoms with van der Waals surface area (Å²) in [7, 11) is 0. The van der Waals surface area contributed by atoms with Gasteiger partial charge in [-0.2, -0.15) is 34.1 Å². The van der Waals surface area contributed by atoms with Gasteiger partial charge in [-0.25, -0.2) is 4.68 Å². The maximum Gasteiger partial charge on any atom is 0.435 e. The van der Waals surface area contributed by atoms with Gasteiger partial charge >= 0.3 is 6.18 Å². The van der Waals surface area contributed by atoms with Gasteiger partial charge in [0.25, 0.3) is 0 Å². The van der Waals surface area contributed by atoms with Gasteiger partial charge < -0.3 is 5.32 Å². The number of fused-ring (bicyclic) bond motifs is 1. The number of anilines is 1. The minimum absolute atomic E-state index is 0.154. The van der Waals surface area contributed by atoms with Crippen LogP contribution in [0.25, 0.3) is 5.69 Å².